The maximum atomic E-state index is 11.6. The van der Waals surface area contributed by atoms with Crippen LogP contribution in [0.5, 0.6) is 0 Å². The zero-order chi connectivity index (χ0) is 14.5. The highest BCUT2D eigenvalue weighted by atomic mass is 32.2. The van der Waals surface area contributed by atoms with Gasteiger partial charge < -0.3 is 10.2 Å². The molecule has 8 heteroatoms. The van der Waals surface area contributed by atoms with Crippen LogP contribution in [0.4, 0.5) is 11.5 Å². The van der Waals surface area contributed by atoms with E-state index in [1.807, 2.05) is 14.1 Å². The van der Waals surface area contributed by atoms with Crippen LogP contribution in [0.1, 0.15) is 0 Å². The van der Waals surface area contributed by atoms with E-state index in [4.69, 9.17) is 0 Å². The summed E-state index contributed by atoms with van der Waals surface area (Å²) >= 11 is 0. The Balaban J connectivity index is 2.57. The molecule has 108 valence electrons. The lowest BCUT2D eigenvalue weighted by molar-refractivity contribution is 0.425. The molecule has 1 aromatic rings. The van der Waals surface area contributed by atoms with Crippen LogP contribution in [0, 0.1) is 0 Å². The summed E-state index contributed by atoms with van der Waals surface area (Å²) in [6.07, 6.45) is 1.60. The van der Waals surface area contributed by atoms with Gasteiger partial charge in [-0.1, -0.05) is 0 Å². The van der Waals surface area contributed by atoms with Crippen LogP contribution in [-0.4, -0.2) is 63.9 Å². The average molecular weight is 287 g/mol. The van der Waals surface area contributed by atoms with Crippen LogP contribution in [-0.2, 0) is 10.2 Å². The summed E-state index contributed by atoms with van der Waals surface area (Å²) in [6, 6.07) is 3.41. The third-order valence-electron chi connectivity index (χ3n) is 2.37. The first-order chi connectivity index (χ1) is 8.81. The van der Waals surface area contributed by atoms with E-state index in [0.717, 1.165) is 23.1 Å². The zero-order valence-corrected chi connectivity index (χ0v) is 12.5. The first-order valence-electron chi connectivity index (χ1n) is 5.86. The maximum absolute atomic E-state index is 11.6. The number of hydrogen-bond acceptors (Lipinski definition) is 5. The molecular weight excluding hydrogens is 266 g/mol. The van der Waals surface area contributed by atoms with Gasteiger partial charge in [0.2, 0.25) is 0 Å². The molecular formula is C11H21N5O2S. The van der Waals surface area contributed by atoms with Gasteiger partial charge in [0.25, 0.3) is 0 Å². The third kappa shape index (κ3) is 5.41. The van der Waals surface area contributed by atoms with Crippen LogP contribution in [0.15, 0.2) is 18.3 Å². The number of nitrogens with one attached hydrogen (secondary N) is 2. The lowest BCUT2D eigenvalue weighted by atomic mass is 10.4. The van der Waals surface area contributed by atoms with Crippen molar-refractivity contribution in [2.45, 2.75) is 0 Å². The summed E-state index contributed by atoms with van der Waals surface area (Å²) in [5, 5.41) is 3.20. The number of pyridine rings is 1. The highest BCUT2D eigenvalue weighted by molar-refractivity contribution is 7.90. The molecule has 0 saturated carbocycles. The molecule has 0 aromatic carbocycles. The van der Waals surface area contributed by atoms with E-state index in [1.165, 1.54) is 14.1 Å². The molecule has 0 spiro atoms. The van der Waals surface area contributed by atoms with Gasteiger partial charge in [-0.05, 0) is 26.2 Å². The summed E-state index contributed by atoms with van der Waals surface area (Å²) in [6.45, 7) is 1.71. The lowest BCUT2D eigenvalue weighted by Crippen LogP contribution is -2.29. The summed E-state index contributed by atoms with van der Waals surface area (Å²) in [4.78, 5) is 6.12. The topological polar surface area (TPSA) is 77.6 Å². The number of hydrogen-bond donors (Lipinski definition) is 2. The fourth-order valence-corrected chi connectivity index (χ4v) is 1.77. The Morgan fingerprint density at radius 1 is 1.21 bits per heavy atom. The molecule has 1 rings (SSSR count). The van der Waals surface area contributed by atoms with Gasteiger partial charge in [-0.2, -0.15) is 12.7 Å². The Morgan fingerprint density at radius 3 is 2.37 bits per heavy atom. The predicted molar refractivity (Wildman–Crippen MR) is 77.5 cm³/mol. The van der Waals surface area contributed by atoms with Gasteiger partial charge in [0, 0.05) is 27.2 Å². The lowest BCUT2D eigenvalue weighted by Gasteiger charge is -2.13. The van der Waals surface area contributed by atoms with Crippen molar-refractivity contribution in [1.82, 2.24) is 14.2 Å². The number of rotatable bonds is 7. The monoisotopic (exact) mass is 287 g/mol. The van der Waals surface area contributed by atoms with Crippen LogP contribution < -0.4 is 10.0 Å². The van der Waals surface area contributed by atoms with Gasteiger partial charge in [-0.3, -0.25) is 4.72 Å². The number of anilines is 2. The normalized spacial score (nSPS) is 11.9. The maximum Gasteiger partial charge on any atom is 0.302 e. The van der Waals surface area contributed by atoms with Crippen molar-refractivity contribution >= 4 is 21.7 Å². The van der Waals surface area contributed by atoms with E-state index in [0.29, 0.717) is 5.82 Å². The Kier molecular flexibility index (Phi) is 5.52. The Morgan fingerprint density at radius 2 is 1.89 bits per heavy atom. The molecule has 0 fully saturated rings. The summed E-state index contributed by atoms with van der Waals surface area (Å²) in [7, 11) is 3.42. The van der Waals surface area contributed by atoms with E-state index in [-0.39, 0.29) is 0 Å². The second-order valence-corrected chi connectivity index (χ2v) is 6.44. The summed E-state index contributed by atoms with van der Waals surface area (Å²) in [5.74, 6) is 0.298. The second-order valence-electron chi connectivity index (χ2n) is 4.55. The van der Waals surface area contributed by atoms with Crippen molar-refractivity contribution in [3.05, 3.63) is 18.3 Å². The molecule has 0 aliphatic carbocycles. The molecule has 0 aliphatic heterocycles. The van der Waals surface area contributed by atoms with Gasteiger partial charge in [0.15, 0.2) is 0 Å². The molecule has 0 atom stereocenters. The first-order valence-corrected chi connectivity index (χ1v) is 7.30. The Labute approximate surface area is 114 Å². The minimum atomic E-state index is -3.50. The molecule has 0 aliphatic rings. The fourth-order valence-electron chi connectivity index (χ4n) is 1.21. The first kappa shape index (κ1) is 15.7. The predicted octanol–water partition coefficient (Wildman–Crippen LogP) is 0.273. The van der Waals surface area contributed by atoms with Crippen LogP contribution >= 0.6 is 0 Å². The minimum absolute atomic E-state index is 0.298. The van der Waals surface area contributed by atoms with Crippen molar-refractivity contribution < 1.29 is 8.42 Å². The summed E-state index contributed by atoms with van der Waals surface area (Å²) < 4.78 is 26.6. The van der Waals surface area contributed by atoms with Gasteiger partial charge in [-0.15, -0.1) is 0 Å². The summed E-state index contributed by atoms with van der Waals surface area (Å²) in [5.41, 5.74) is 0.856. The Bertz CT molecular complexity index is 484. The molecule has 0 unspecified atom stereocenters. The zero-order valence-electron chi connectivity index (χ0n) is 11.7. The van der Waals surface area contributed by atoms with Crippen LogP contribution in [0.2, 0.25) is 0 Å². The molecule has 19 heavy (non-hydrogen) atoms. The molecule has 0 radical (unpaired) electrons. The highest BCUT2D eigenvalue weighted by Gasteiger charge is 2.13. The molecule has 0 bridgehead atoms. The molecule has 1 heterocycles. The molecule has 0 saturated heterocycles. The van der Waals surface area contributed by atoms with Crippen molar-refractivity contribution in [3.63, 3.8) is 0 Å². The van der Waals surface area contributed by atoms with Gasteiger partial charge in [-0.25, -0.2) is 4.98 Å². The van der Waals surface area contributed by atoms with Crippen molar-refractivity contribution in [1.29, 1.82) is 0 Å². The standard InChI is InChI=1S/C11H21N5O2S/c1-15(2)8-7-12-10-5-6-11(13-9-10)14-19(17,18)16(3)4/h5-6,9,12H,7-8H2,1-4H3,(H,13,14). The van der Waals surface area contributed by atoms with Crippen LogP contribution in [0.25, 0.3) is 0 Å². The van der Waals surface area contributed by atoms with Crippen molar-refractivity contribution in [3.8, 4) is 0 Å². The van der Waals surface area contributed by atoms with E-state index >= 15 is 0 Å². The quantitative estimate of drug-likeness (QED) is 0.753. The minimum Gasteiger partial charge on any atom is -0.383 e. The van der Waals surface area contributed by atoms with E-state index in [2.05, 4.69) is 19.9 Å². The van der Waals surface area contributed by atoms with Gasteiger partial charge >= 0.3 is 10.2 Å². The van der Waals surface area contributed by atoms with Crippen molar-refractivity contribution in [2.75, 3.05) is 51.3 Å². The second kappa shape index (κ2) is 6.69. The number of aromatic nitrogens is 1. The average Bonchev–Trinajstić information content (AvgIpc) is 2.30. The third-order valence-corrected chi connectivity index (χ3v) is 3.79. The van der Waals surface area contributed by atoms with Crippen LogP contribution in [0.3, 0.4) is 0 Å². The SMILES string of the molecule is CN(C)CCNc1ccc(NS(=O)(=O)N(C)C)nc1. The smallest absolute Gasteiger partial charge is 0.302 e. The largest absolute Gasteiger partial charge is 0.383 e. The van der Waals surface area contributed by atoms with E-state index in [9.17, 15) is 8.42 Å². The molecule has 7 nitrogen and oxygen atoms in total. The van der Waals surface area contributed by atoms with Crippen molar-refractivity contribution in [2.24, 2.45) is 0 Å². The Hall–Kier alpha value is -1.38. The van der Waals surface area contributed by atoms with E-state index < -0.39 is 10.2 Å². The number of likely N-dealkylation sites (N-methyl/N-ethyl adjacent to an activating group) is 1. The van der Waals surface area contributed by atoms with Gasteiger partial charge in [0.1, 0.15) is 5.82 Å². The molecule has 1 aromatic heterocycles. The van der Waals surface area contributed by atoms with E-state index in [1.54, 1.807) is 18.3 Å². The molecule has 0 amide bonds. The van der Waals surface area contributed by atoms with Gasteiger partial charge in [0.05, 0.1) is 11.9 Å². The highest BCUT2D eigenvalue weighted by Crippen LogP contribution is 2.11. The fraction of sp³-hybridized carbons (Fsp3) is 0.545. The number of nitrogens with zero attached hydrogens (tertiary/aromatic N) is 3. The molecule has 2 N–H and O–H groups in total.